The van der Waals surface area contributed by atoms with Crippen LogP contribution in [0.4, 0.5) is 27.5 Å². The Balaban J connectivity index is 1.36. The monoisotopic (exact) mass is 396 g/mol. The summed E-state index contributed by atoms with van der Waals surface area (Å²) in [5.74, 6) is 0.823. The van der Waals surface area contributed by atoms with Gasteiger partial charge in [0.15, 0.2) is 0 Å². The molecular weight excluding hydrogens is 376 g/mol. The number of ether oxygens (including phenoxy) is 2. The highest BCUT2D eigenvalue weighted by atomic mass is 16.7. The van der Waals surface area contributed by atoms with Crippen LogP contribution in [0.25, 0.3) is 0 Å². The number of carbonyl (C=O) groups is 1. The first kappa shape index (κ1) is 19.1. The molecule has 148 valence electrons. The number of para-hydroxylation sites is 2. The predicted molar refractivity (Wildman–Crippen MR) is 119 cm³/mol. The van der Waals surface area contributed by atoms with Gasteiger partial charge in [-0.2, -0.15) is 0 Å². The third kappa shape index (κ3) is 5.39. The van der Waals surface area contributed by atoms with Crippen LogP contribution in [-0.4, -0.2) is 6.16 Å². The second kappa shape index (κ2) is 9.30. The molecule has 4 rings (SSSR count). The molecule has 0 aliphatic heterocycles. The van der Waals surface area contributed by atoms with E-state index in [9.17, 15) is 4.79 Å². The Bertz CT molecular complexity index is 1100. The van der Waals surface area contributed by atoms with Crippen LogP contribution in [-0.2, 0) is 0 Å². The minimum absolute atomic E-state index is 0.392. The molecule has 4 aromatic carbocycles. The Kier molecular flexibility index (Phi) is 5.91. The van der Waals surface area contributed by atoms with E-state index in [-0.39, 0.29) is 0 Å². The van der Waals surface area contributed by atoms with Gasteiger partial charge in [-0.05, 0) is 60.7 Å². The summed E-state index contributed by atoms with van der Waals surface area (Å²) >= 11 is 0. The first-order valence-electron chi connectivity index (χ1n) is 9.48. The van der Waals surface area contributed by atoms with Crippen molar-refractivity contribution in [3.8, 4) is 11.5 Å². The smallest absolute Gasteiger partial charge is 0.395 e. The van der Waals surface area contributed by atoms with Crippen molar-refractivity contribution in [2.75, 3.05) is 10.6 Å². The molecule has 5 nitrogen and oxygen atoms in total. The standard InChI is InChI=1S/C25H20N2O3/c28-25(29-23-11-5-2-6-12-23)30-24-13-7-10-22(18-24)27-21-16-14-20(15-17-21)26-19-8-3-1-4-9-19/h1-18,26-27H. The minimum atomic E-state index is -0.783. The van der Waals surface area contributed by atoms with E-state index in [1.807, 2.05) is 66.7 Å². The highest BCUT2D eigenvalue weighted by Gasteiger charge is 2.08. The van der Waals surface area contributed by atoms with Gasteiger partial charge in [0.05, 0.1) is 0 Å². The lowest BCUT2D eigenvalue weighted by Crippen LogP contribution is -2.13. The molecule has 0 amide bonds. The molecule has 0 aliphatic rings. The molecule has 0 fully saturated rings. The topological polar surface area (TPSA) is 59.6 Å². The Labute approximate surface area is 174 Å². The molecular formula is C25H20N2O3. The van der Waals surface area contributed by atoms with Crippen LogP contribution in [0.3, 0.4) is 0 Å². The second-order valence-corrected chi connectivity index (χ2v) is 6.49. The first-order chi connectivity index (χ1) is 14.7. The predicted octanol–water partition coefficient (Wildman–Crippen LogP) is 6.75. The molecule has 0 radical (unpaired) electrons. The average molecular weight is 396 g/mol. The van der Waals surface area contributed by atoms with Gasteiger partial charge in [-0.1, -0.05) is 42.5 Å². The Morgan fingerprint density at radius 1 is 0.500 bits per heavy atom. The zero-order valence-electron chi connectivity index (χ0n) is 16.1. The zero-order chi connectivity index (χ0) is 20.6. The van der Waals surface area contributed by atoms with Gasteiger partial charge in [0.2, 0.25) is 0 Å². The van der Waals surface area contributed by atoms with Crippen molar-refractivity contribution >= 4 is 28.9 Å². The lowest BCUT2D eigenvalue weighted by molar-refractivity contribution is 0.152. The maximum absolute atomic E-state index is 12.0. The van der Waals surface area contributed by atoms with Gasteiger partial charge in [-0.25, -0.2) is 4.79 Å². The second-order valence-electron chi connectivity index (χ2n) is 6.49. The third-order valence-electron chi connectivity index (χ3n) is 4.22. The fraction of sp³-hybridized carbons (Fsp3) is 0. The number of hydrogen-bond acceptors (Lipinski definition) is 5. The van der Waals surface area contributed by atoms with Crippen molar-refractivity contribution in [1.82, 2.24) is 0 Å². The van der Waals surface area contributed by atoms with E-state index < -0.39 is 6.16 Å². The van der Waals surface area contributed by atoms with Crippen LogP contribution in [0.5, 0.6) is 11.5 Å². The molecule has 0 aliphatic carbocycles. The lowest BCUT2D eigenvalue weighted by atomic mass is 10.2. The number of hydrogen-bond donors (Lipinski definition) is 2. The average Bonchev–Trinajstić information content (AvgIpc) is 2.77. The van der Waals surface area contributed by atoms with E-state index in [2.05, 4.69) is 10.6 Å². The summed E-state index contributed by atoms with van der Waals surface area (Å²) in [5, 5.41) is 6.64. The molecule has 0 heterocycles. The summed E-state index contributed by atoms with van der Waals surface area (Å²) in [4.78, 5) is 12.0. The van der Waals surface area contributed by atoms with E-state index in [4.69, 9.17) is 9.47 Å². The molecule has 2 N–H and O–H groups in total. The van der Waals surface area contributed by atoms with E-state index in [0.29, 0.717) is 11.5 Å². The van der Waals surface area contributed by atoms with Gasteiger partial charge in [-0.3, -0.25) is 0 Å². The fourth-order valence-corrected chi connectivity index (χ4v) is 2.83. The first-order valence-corrected chi connectivity index (χ1v) is 9.48. The van der Waals surface area contributed by atoms with Crippen LogP contribution in [0.1, 0.15) is 0 Å². The molecule has 0 saturated heterocycles. The Hall–Kier alpha value is -4.25. The van der Waals surface area contributed by atoms with E-state index in [1.54, 1.807) is 42.5 Å². The number of benzene rings is 4. The van der Waals surface area contributed by atoms with Crippen molar-refractivity contribution in [2.45, 2.75) is 0 Å². The van der Waals surface area contributed by atoms with Gasteiger partial charge in [0.1, 0.15) is 11.5 Å². The van der Waals surface area contributed by atoms with E-state index >= 15 is 0 Å². The Morgan fingerprint density at radius 2 is 0.967 bits per heavy atom. The van der Waals surface area contributed by atoms with E-state index in [1.165, 1.54) is 0 Å². The highest BCUT2D eigenvalue weighted by molar-refractivity contribution is 5.69. The zero-order valence-corrected chi connectivity index (χ0v) is 16.1. The molecule has 0 saturated carbocycles. The van der Waals surface area contributed by atoms with Gasteiger partial charge < -0.3 is 20.1 Å². The summed E-state index contributed by atoms with van der Waals surface area (Å²) in [5.41, 5.74) is 3.74. The van der Waals surface area contributed by atoms with Crippen LogP contribution >= 0.6 is 0 Å². The van der Waals surface area contributed by atoms with Crippen molar-refractivity contribution in [3.05, 3.63) is 109 Å². The molecule has 0 bridgehead atoms. The normalized spacial score (nSPS) is 10.1. The number of nitrogens with one attached hydrogen (secondary N) is 2. The highest BCUT2D eigenvalue weighted by Crippen LogP contribution is 2.24. The van der Waals surface area contributed by atoms with Crippen LogP contribution in [0, 0.1) is 0 Å². The van der Waals surface area contributed by atoms with Gasteiger partial charge in [0.25, 0.3) is 0 Å². The fourth-order valence-electron chi connectivity index (χ4n) is 2.83. The van der Waals surface area contributed by atoms with Crippen LogP contribution in [0.15, 0.2) is 109 Å². The van der Waals surface area contributed by atoms with Crippen molar-refractivity contribution in [2.24, 2.45) is 0 Å². The van der Waals surface area contributed by atoms with E-state index in [0.717, 1.165) is 22.7 Å². The third-order valence-corrected chi connectivity index (χ3v) is 4.22. The minimum Gasteiger partial charge on any atom is -0.395 e. The van der Waals surface area contributed by atoms with Crippen molar-refractivity contribution in [1.29, 1.82) is 0 Å². The SMILES string of the molecule is O=C(Oc1ccccc1)Oc1cccc(Nc2ccc(Nc3ccccc3)cc2)c1. The molecule has 0 aromatic heterocycles. The summed E-state index contributed by atoms with van der Waals surface area (Å²) < 4.78 is 10.4. The molecule has 4 aromatic rings. The Morgan fingerprint density at radius 3 is 1.63 bits per heavy atom. The summed E-state index contributed by atoms with van der Waals surface area (Å²) in [6, 6.07) is 33.9. The number of anilines is 4. The lowest BCUT2D eigenvalue weighted by Gasteiger charge is -2.11. The molecule has 30 heavy (non-hydrogen) atoms. The number of rotatable bonds is 6. The largest absolute Gasteiger partial charge is 0.519 e. The molecule has 0 atom stereocenters. The van der Waals surface area contributed by atoms with Crippen molar-refractivity contribution in [3.63, 3.8) is 0 Å². The summed E-state index contributed by atoms with van der Waals surface area (Å²) in [6.07, 6.45) is -0.783. The van der Waals surface area contributed by atoms with Gasteiger partial charge in [0, 0.05) is 28.8 Å². The molecule has 5 heteroatoms. The van der Waals surface area contributed by atoms with Gasteiger partial charge in [-0.15, -0.1) is 0 Å². The quantitative estimate of drug-likeness (QED) is 0.279. The van der Waals surface area contributed by atoms with Gasteiger partial charge >= 0.3 is 6.16 Å². The summed E-state index contributed by atoms with van der Waals surface area (Å²) in [6.45, 7) is 0. The maximum Gasteiger partial charge on any atom is 0.519 e. The van der Waals surface area contributed by atoms with Crippen LogP contribution < -0.4 is 20.1 Å². The number of carbonyl (C=O) groups excluding carboxylic acids is 1. The van der Waals surface area contributed by atoms with Crippen LogP contribution in [0.2, 0.25) is 0 Å². The molecule has 0 spiro atoms. The summed E-state index contributed by atoms with van der Waals surface area (Å²) in [7, 11) is 0. The van der Waals surface area contributed by atoms with Crippen molar-refractivity contribution < 1.29 is 14.3 Å². The maximum atomic E-state index is 12.0. The molecule has 0 unspecified atom stereocenters.